The Balaban J connectivity index is 1.91. The molecule has 0 aliphatic heterocycles. The van der Waals surface area contributed by atoms with Crippen molar-refractivity contribution in [3.63, 3.8) is 0 Å². The standard InChI is InChI=1S/C13H15Br2ClO3/c1-17-4-5-18-13-10(15)7-12(13)19-11-3-2-8(16)6-9(11)14/h2-3,6,10,12-13H,4-5,7H2,1H3. The van der Waals surface area contributed by atoms with Crippen LogP contribution in [0.25, 0.3) is 0 Å². The number of rotatable bonds is 6. The molecule has 1 fully saturated rings. The first-order valence-electron chi connectivity index (χ1n) is 5.98. The van der Waals surface area contributed by atoms with Crippen LogP contribution in [0.2, 0.25) is 5.02 Å². The fourth-order valence-electron chi connectivity index (χ4n) is 1.86. The molecule has 0 saturated heterocycles. The first-order chi connectivity index (χ1) is 9.11. The third-order valence-electron chi connectivity index (χ3n) is 2.95. The summed E-state index contributed by atoms with van der Waals surface area (Å²) in [5.41, 5.74) is 0. The van der Waals surface area contributed by atoms with Crippen LogP contribution in [0.1, 0.15) is 6.42 Å². The summed E-state index contributed by atoms with van der Waals surface area (Å²) in [6.45, 7) is 1.17. The van der Waals surface area contributed by atoms with Crippen LogP contribution >= 0.6 is 43.5 Å². The van der Waals surface area contributed by atoms with Gasteiger partial charge in [-0.25, -0.2) is 0 Å². The van der Waals surface area contributed by atoms with Crippen LogP contribution in [-0.4, -0.2) is 37.4 Å². The first kappa shape index (κ1) is 15.6. The van der Waals surface area contributed by atoms with E-state index < -0.39 is 0 Å². The Morgan fingerprint density at radius 1 is 1.37 bits per heavy atom. The van der Waals surface area contributed by atoms with Gasteiger partial charge in [0.1, 0.15) is 18.0 Å². The largest absolute Gasteiger partial charge is 0.486 e. The maximum atomic E-state index is 5.95. The SMILES string of the molecule is COCCOC1C(Br)CC1Oc1ccc(Cl)cc1Br. The van der Waals surface area contributed by atoms with Crippen LogP contribution in [0.15, 0.2) is 22.7 Å². The van der Waals surface area contributed by atoms with Gasteiger partial charge in [0, 0.05) is 23.4 Å². The summed E-state index contributed by atoms with van der Waals surface area (Å²) >= 11 is 12.9. The van der Waals surface area contributed by atoms with E-state index in [1.807, 2.05) is 18.2 Å². The zero-order chi connectivity index (χ0) is 13.8. The van der Waals surface area contributed by atoms with Gasteiger partial charge in [-0.15, -0.1) is 0 Å². The maximum Gasteiger partial charge on any atom is 0.134 e. The summed E-state index contributed by atoms with van der Waals surface area (Å²) < 4.78 is 17.5. The minimum atomic E-state index is 0.0535. The van der Waals surface area contributed by atoms with Crippen molar-refractivity contribution in [3.8, 4) is 5.75 Å². The molecule has 1 aromatic rings. The van der Waals surface area contributed by atoms with Gasteiger partial charge in [-0.3, -0.25) is 0 Å². The number of halogens is 3. The van der Waals surface area contributed by atoms with Crippen LogP contribution < -0.4 is 4.74 Å². The van der Waals surface area contributed by atoms with Crippen LogP contribution in [0, 0.1) is 0 Å². The Hall–Kier alpha value is 0.190. The van der Waals surface area contributed by atoms with Crippen LogP contribution in [0.5, 0.6) is 5.75 Å². The molecule has 3 nitrogen and oxygen atoms in total. The third-order valence-corrected chi connectivity index (χ3v) is 4.70. The summed E-state index contributed by atoms with van der Waals surface area (Å²) in [5, 5.41) is 0.680. The quantitative estimate of drug-likeness (QED) is 0.519. The van der Waals surface area contributed by atoms with Crippen molar-refractivity contribution < 1.29 is 14.2 Å². The Kier molecular flexibility index (Phi) is 5.96. The Morgan fingerprint density at radius 2 is 2.16 bits per heavy atom. The van der Waals surface area contributed by atoms with Gasteiger partial charge in [-0.2, -0.15) is 0 Å². The molecule has 1 aromatic carbocycles. The molecular weight excluding hydrogens is 399 g/mol. The lowest BCUT2D eigenvalue weighted by molar-refractivity contribution is -0.0867. The molecule has 0 N–H and O–H groups in total. The summed E-state index contributed by atoms with van der Waals surface area (Å²) in [5.74, 6) is 0.786. The van der Waals surface area contributed by atoms with Crippen molar-refractivity contribution in [1.82, 2.24) is 0 Å². The lowest BCUT2D eigenvalue weighted by Crippen LogP contribution is -2.52. The molecule has 1 aliphatic rings. The molecule has 106 valence electrons. The highest BCUT2D eigenvalue weighted by molar-refractivity contribution is 9.10. The molecule has 3 atom stereocenters. The van der Waals surface area contributed by atoms with Crippen LogP contribution in [0.4, 0.5) is 0 Å². The second-order valence-corrected chi connectivity index (χ2v) is 6.78. The molecule has 0 spiro atoms. The van der Waals surface area contributed by atoms with Gasteiger partial charge in [0.15, 0.2) is 0 Å². The van der Waals surface area contributed by atoms with Crippen molar-refractivity contribution >= 4 is 43.5 Å². The van der Waals surface area contributed by atoms with Crippen molar-refractivity contribution in [2.75, 3.05) is 20.3 Å². The van der Waals surface area contributed by atoms with E-state index in [-0.39, 0.29) is 12.2 Å². The second-order valence-electron chi connectivity index (χ2n) is 4.31. The Morgan fingerprint density at radius 3 is 2.79 bits per heavy atom. The van der Waals surface area contributed by atoms with E-state index in [9.17, 15) is 0 Å². The highest BCUT2D eigenvalue weighted by Gasteiger charge is 2.42. The van der Waals surface area contributed by atoms with Crippen LogP contribution in [0.3, 0.4) is 0 Å². The molecule has 1 aliphatic carbocycles. The van der Waals surface area contributed by atoms with E-state index in [0.29, 0.717) is 23.1 Å². The molecule has 0 radical (unpaired) electrons. The lowest BCUT2D eigenvalue weighted by Gasteiger charge is -2.41. The number of hydrogen-bond donors (Lipinski definition) is 0. The third kappa shape index (κ3) is 4.08. The topological polar surface area (TPSA) is 27.7 Å². The molecule has 0 amide bonds. The minimum absolute atomic E-state index is 0.0535. The molecule has 1 saturated carbocycles. The minimum Gasteiger partial charge on any atom is -0.486 e. The van der Waals surface area contributed by atoms with Crippen molar-refractivity contribution in [1.29, 1.82) is 0 Å². The molecule has 6 heteroatoms. The molecule has 0 heterocycles. The van der Waals surface area contributed by atoms with E-state index >= 15 is 0 Å². The van der Waals surface area contributed by atoms with E-state index in [2.05, 4.69) is 31.9 Å². The predicted molar refractivity (Wildman–Crippen MR) is 82.5 cm³/mol. The summed E-state index contributed by atoms with van der Waals surface area (Å²) in [7, 11) is 1.66. The maximum absolute atomic E-state index is 5.95. The molecule has 0 bridgehead atoms. The van der Waals surface area contributed by atoms with Crippen LogP contribution in [-0.2, 0) is 9.47 Å². The average Bonchev–Trinajstić information content (AvgIpc) is 2.37. The van der Waals surface area contributed by atoms with Gasteiger partial charge in [0.05, 0.1) is 17.7 Å². The Labute approximate surface area is 134 Å². The predicted octanol–water partition coefficient (Wildman–Crippen LogP) is 4.05. The monoisotopic (exact) mass is 412 g/mol. The van der Waals surface area contributed by atoms with Crippen molar-refractivity contribution in [2.24, 2.45) is 0 Å². The summed E-state index contributed by atoms with van der Waals surface area (Å²) in [6.07, 6.45) is 1.03. The highest BCUT2D eigenvalue weighted by atomic mass is 79.9. The van der Waals surface area contributed by atoms with Crippen molar-refractivity contribution in [2.45, 2.75) is 23.5 Å². The van der Waals surface area contributed by atoms with Gasteiger partial charge in [0.2, 0.25) is 0 Å². The molecule has 2 rings (SSSR count). The van der Waals surface area contributed by atoms with Gasteiger partial charge < -0.3 is 14.2 Å². The molecule has 19 heavy (non-hydrogen) atoms. The molecule has 3 unspecified atom stereocenters. The first-order valence-corrected chi connectivity index (χ1v) is 8.07. The average molecular weight is 415 g/mol. The fourth-order valence-corrected chi connectivity index (χ4v) is 3.49. The number of hydrogen-bond acceptors (Lipinski definition) is 3. The second kappa shape index (κ2) is 7.27. The van der Waals surface area contributed by atoms with E-state index in [1.54, 1.807) is 7.11 Å². The van der Waals surface area contributed by atoms with E-state index in [0.717, 1.165) is 16.6 Å². The highest BCUT2D eigenvalue weighted by Crippen LogP contribution is 2.37. The normalized spacial score (nSPS) is 26.0. The van der Waals surface area contributed by atoms with Gasteiger partial charge in [-0.05, 0) is 34.1 Å². The smallest absolute Gasteiger partial charge is 0.134 e. The zero-order valence-electron chi connectivity index (χ0n) is 10.4. The van der Waals surface area contributed by atoms with E-state index in [4.69, 9.17) is 25.8 Å². The zero-order valence-corrected chi connectivity index (χ0v) is 14.4. The fraction of sp³-hybridized carbons (Fsp3) is 0.538. The molecular formula is C13H15Br2ClO3. The summed E-state index contributed by atoms with van der Waals surface area (Å²) in [4.78, 5) is 0.334. The van der Waals surface area contributed by atoms with Gasteiger partial charge >= 0.3 is 0 Å². The van der Waals surface area contributed by atoms with E-state index in [1.165, 1.54) is 0 Å². The van der Waals surface area contributed by atoms with Gasteiger partial charge in [-0.1, -0.05) is 27.5 Å². The molecule has 0 aromatic heterocycles. The summed E-state index contributed by atoms with van der Waals surface area (Å²) in [6, 6.07) is 5.49. The Bertz CT molecular complexity index is 430. The number of benzene rings is 1. The number of alkyl halides is 1. The van der Waals surface area contributed by atoms with Gasteiger partial charge in [0.25, 0.3) is 0 Å². The van der Waals surface area contributed by atoms with Crippen molar-refractivity contribution in [3.05, 3.63) is 27.7 Å². The number of methoxy groups -OCH3 is 1. The lowest BCUT2D eigenvalue weighted by atomic mass is 9.91. The number of ether oxygens (including phenoxy) is 3.